The Bertz CT molecular complexity index is 1170. The van der Waals surface area contributed by atoms with Crippen LogP contribution in [0.4, 0.5) is 5.13 Å². The highest BCUT2D eigenvalue weighted by Gasteiger charge is 2.29. The van der Waals surface area contributed by atoms with Crippen LogP contribution < -0.4 is 4.90 Å². The number of halogens is 1. The van der Waals surface area contributed by atoms with E-state index in [1.807, 2.05) is 28.8 Å². The van der Waals surface area contributed by atoms with E-state index in [9.17, 15) is 4.79 Å². The lowest BCUT2D eigenvalue weighted by atomic mass is 10.2. The van der Waals surface area contributed by atoms with Crippen molar-refractivity contribution < 1.29 is 4.79 Å². The molecule has 0 atom stereocenters. The molecular formula is C19H15ClN6OS. The average molecular weight is 411 g/mol. The Balaban J connectivity index is 1.58. The zero-order valence-electron chi connectivity index (χ0n) is 14.7. The highest BCUT2D eigenvalue weighted by Crippen LogP contribution is 2.32. The third kappa shape index (κ3) is 3.04. The van der Waals surface area contributed by atoms with Crippen LogP contribution in [-0.2, 0) is 19.5 Å². The van der Waals surface area contributed by atoms with Crippen molar-refractivity contribution in [3.63, 3.8) is 0 Å². The topological polar surface area (TPSA) is 76.8 Å². The van der Waals surface area contributed by atoms with Crippen molar-refractivity contribution in [1.82, 2.24) is 24.7 Å². The normalized spacial score (nSPS) is 13.0. The number of nitrogens with zero attached hydrogens (tertiary/aromatic N) is 6. The van der Waals surface area contributed by atoms with Crippen molar-refractivity contribution in [3.05, 3.63) is 65.0 Å². The molecule has 1 aliphatic heterocycles. The molecule has 0 spiro atoms. The molecule has 1 amide bonds. The zero-order valence-corrected chi connectivity index (χ0v) is 16.3. The van der Waals surface area contributed by atoms with Gasteiger partial charge in [0, 0.05) is 30.4 Å². The Morgan fingerprint density at radius 3 is 3.07 bits per heavy atom. The summed E-state index contributed by atoms with van der Waals surface area (Å²) in [5.74, 6) is 1.00. The molecule has 0 radical (unpaired) electrons. The van der Waals surface area contributed by atoms with Gasteiger partial charge in [-0.15, -0.1) is 10.2 Å². The summed E-state index contributed by atoms with van der Waals surface area (Å²) in [7, 11) is 0. The van der Waals surface area contributed by atoms with Gasteiger partial charge in [-0.25, -0.2) is 4.98 Å². The molecule has 3 aromatic heterocycles. The predicted octanol–water partition coefficient (Wildman–Crippen LogP) is 3.73. The maximum absolute atomic E-state index is 13.4. The zero-order chi connectivity index (χ0) is 19.1. The number of anilines is 1. The molecule has 0 bridgehead atoms. The van der Waals surface area contributed by atoms with Crippen LogP contribution in [0.1, 0.15) is 28.4 Å². The molecule has 1 aromatic carbocycles. The first-order valence-corrected chi connectivity index (χ1v) is 10.1. The molecule has 140 valence electrons. The molecule has 0 N–H and O–H groups in total. The van der Waals surface area contributed by atoms with Crippen molar-refractivity contribution in [2.45, 2.75) is 25.9 Å². The highest BCUT2D eigenvalue weighted by atomic mass is 35.5. The van der Waals surface area contributed by atoms with Gasteiger partial charge >= 0.3 is 0 Å². The first-order valence-electron chi connectivity index (χ1n) is 8.88. The predicted molar refractivity (Wildman–Crippen MR) is 108 cm³/mol. The molecule has 9 heteroatoms. The third-order valence-electron chi connectivity index (χ3n) is 4.68. The molecule has 0 fully saturated rings. The number of aromatic nitrogens is 5. The number of carbonyl (C=O) groups is 1. The fraction of sp³-hybridized carbons (Fsp3) is 0.211. The summed E-state index contributed by atoms with van der Waals surface area (Å²) >= 11 is 7.54. The SMILES string of the molecule is O=C(c1nnc2n1CCC2)N(Cc1cccnc1)c1nc2ccc(Cl)cc2s1. The maximum atomic E-state index is 13.4. The first kappa shape index (κ1) is 17.3. The first-order chi connectivity index (χ1) is 13.7. The van der Waals surface area contributed by atoms with Crippen molar-refractivity contribution >= 4 is 44.2 Å². The third-order valence-corrected chi connectivity index (χ3v) is 5.96. The van der Waals surface area contributed by atoms with Gasteiger partial charge in [0.2, 0.25) is 5.82 Å². The van der Waals surface area contributed by atoms with Gasteiger partial charge in [-0.3, -0.25) is 14.7 Å². The minimum absolute atomic E-state index is 0.213. The molecule has 0 saturated carbocycles. The fourth-order valence-electron chi connectivity index (χ4n) is 3.33. The Kier molecular flexibility index (Phi) is 4.29. The van der Waals surface area contributed by atoms with Gasteiger partial charge < -0.3 is 4.57 Å². The quantitative estimate of drug-likeness (QED) is 0.512. The summed E-state index contributed by atoms with van der Waals surface area (Å²) in [6.45, 7) is 1.11. The standard InChI is InChI=1S/C19H15ClN6OS/c20-13-5-6-14-15(9-13)28-19(22-14)26(11-12-3-1-7-21-10-12)18(27)17-24-23-16-4-2-8-25(16)17/h1,3,5-7,9-10H,2,4,8,11H2. The molecule has 0 saturated heterocycles. The van der Waals surface area contributed by atoms with Crippen molar-refractivity contribution in [2.24, 2.45) is 0 Å². The monoisotopic (exact) mass is 410 g/mol. The number of hydrogen-bond donors (Lipinski definition) is 0. The summed E-state index contributed by atoms with van der Waals surface area (Å²) in [4.78, 5) is 23.9. The number of rotatable bonds is 4. The molecule has 5 rings (SSSR count). The molecule has 0 aliphatic carbocycles. The van der Waals surface area contributed by atoms with Gasteiger partial charge in [-0.2, -0.15) is 0 Å². The van der Waals surface area contributed by atoms with Gasteiger partial charge in [0.05, 0.1) is 16.8 Å². The van der Waals surface area contributed by atoms with E-state index in [2.05, 4.69) is 20.2 Å². The van der Waals surface area contributed by atoms with Crippen molar-refractivity contribution in [3.8, 4) is 0 Å². The van der Waals surface area contributed by atoms with Crippen LogP contribution in [0.25, 0.3) is 10.2 Å². The number of thiazole rings is 1. The second-order valence-electron chi connectivity index (χ2n) is 6.56. The van der Waals surface area contributed by atoms with E-state index in [1.54, 1.807) is 23.4 Å². The molecule has 4 aromatic rings. The average Bonchev–Trinajstić information content (AvgIpc) is 3.41. The van der Waals surface area contributed by atoms with Crippen LogP contribution in [0, 0.1) is 0 Å². The lowest BCUT2D eigenvalue weighted by Crippen LogP contribution is -2.32. The van der Waals surface area contributed by atoms with Crippen LogP contribution in [-0.4, -0.2) is 30.6 Å². The van der Waals surface area contributed by atoms with Crippen LogP contribution in [0.15, 0.2) is 42.7 Å². The largest absolute Gasteiger partial charge is 0.307 e. The van der Waals surface area contributed by atoms with Crippen LogP contribution >= 0.6 is 22.9 Å². The number of benzene rings is 1. The number of aryl methyl sites for hydroxylation is 1. The smallest absolute Gasteiger partial charge is 0.298 e. The second kappa shape index (κ2) is 6.96. The Hall–Kier alpha value is -2.84. The number of pyridine rings is 1. The summed E-state index contributed by atoms with van der Waals surface area (Å²) < 4.78 is 2.83. The number of carbonyl (C=O) groups excluding carboxylic acids is 1. The summed E-state index contributed by atoms with van der Waals surface area (Å²) in [5.41, 5.74) is 1.72. The second-order valence-corrected chi connectivity index (χ2v) is 8.00. The Morgan fingerprint density at radius 2 is 2.21 bits per heavy atom. The van der Waals surface area contributed by atoms with Gasteiger partial charge in [0.1, 0.15) is 5.82 Å². The fourth-order valence-corrected chi connectivity index (χ4v) is 4.57. The minimum atomic E-state index is -0.213. The van der Waals surface area contributed by atoms with E-state index in [0.29, 0.717) is 22.5 Å². The number of amides is 1. The Morgan fingerprint density at radius 1 is 1.29 bits per heavy atom. The lowest BCUT2D eigenvalue weighted by molar-refractivity contribution is 0.0970. The van der Waals surface area contributed by atoms with Crippen molar-refractivity contribution in [2.75, 3.05) is 4.90 Å². The molecule has 1 aliphatic rings. The molecule has 0 unspecified atom stereocenters. The van der Waals surface area contributed by atoms with Gasteiger partial charge in [0.25, 0.3) is 5.91 Å². The van der Waals surface area contributed by atoms with Gasteiger partial charge in [-0.1, -0.05) is 29.0 Å². The van der Waals surface area contributed by atoms with E-state index in [1.165, 1.54) is 11.3 Å². The lowest BCUT2D eigenvalue weighted by Gasteiger charge is -2.19. The van der Waals surface area contributed by atoms with Crippen molar-refractivity contribution in [1.29, 1.82) is 0 Å². The van der Waals surface area contributed by atoms with E-state index >= 15 is 0 Å². The van der Waals surface area contributed by atoms with E-state index < -0.39 is 0 Å². The van der Waals surface area contributed by atoms with Crippen LogP contribution in [0.2, 0.25) is 5.02 Å². The maximum Gasteiger partial charge on any atom is 0.298 e. The van der Waals surface area contributed by atoms with Crippen LogP contribution in [0.5, 0.6) is 0 Å². The number of hydrogen-bond acceptors (Lipinski definition) is 6. The highest BCUT2D eigenvalue weighted by molar-refractivity contribution is 7.22. The summed E-state index contributed by atoms with van der Waals surface area (Å²) in [6.07, 6.45) is 5.29. The molecule has 4 heterocycles. The van der Waals surface area contributed by atoms with E-state index in [-0.39, 0.29) is 5.91 Å². The number of fused-ring (bicyclic) bond motifs is 2. The molecule has 28 heavy (non-hydrogen) atoms. The Labute approximate surface area is 169 Å². The van der Waals surface area contributed by atoms with E-state index in [0.717, 1.165) is 41.0 Å². The minimum Gasteiger partial charge on any atom is -0.307 e. The van der Waals surface area contributed by atoms with Gasteiger partial charge in [-0.05, 0) is 36.2 Å². The molecule has 7 nitrogen and oxygen atoms in total. The van der Waals surface area contributed by atoms with Gasteiger partial charge in [0.15, 0.2) is 5.13 Å². The summed E-state index contributed by atoms with van der Waals surface area (Å²) in [6, 6.07) is 9.31. The van der Waals surface area contributed by atoms with Crippen LogP contribution in [0.3, 0.4) is 0 Å². The summed E-state index contributed by atoms with van der Waals surface area (Å²) in [5, 5.41) is 9.57. The molecular weight excluding hydrogens is 396 g/mol. The van der Waals surface area contributed by atoms with E-state index in [4.69, 9.17) is 11.6 Å².